The monoisotopic (exact) mass is 242 g/mol. The molecule has 1 aromatic carbocycles. The van der Waals surface area contributed by atoms with Crippen LogP contribution < -0.4 is 11.1 Å². The summed E-state index contributed by atoms with van der Waals surface area (Å²) < 4.78 is 0. The number of rotatable bonds is 3. The zero-order chi connectivity index (χ0) is 13.0. The van der Waals surface area contributed by atoms with E-state index in [0.717, 1.165) is 5.56 Å². The summed E-state index contributed by atoms with van der Waals surface area (Å²) in [5.41, 5.74) is 7.21. The van der Waals surface area contributed by atoms with E-state index in [9.17, 15) is 4.79 Å². The lowest BCUT2D eigenvalue weighted by Gasteiger charge is -2.12. The Bertz CT molecular complexity index is 542. The number of nitrogens with two attached hydrogens (primary N) is 1. The number of hydrogen-bond acceptors (Lipinski definition) is 4. The molecule has 0 spiro atoms. The van der Waals surface area contributed by atoms with Gasteiger partial charge in [-0.2, -0.15) is 5.10 Å². The van der Waals surface area contributed by atoms with Gasteiger partial charge in [-0.3, -0.25) is 4.79 Å². The molecule has 1 aromatic heterocycles. The van der Waals surface area contributed by atoms with Crippen LogP contribution >= 0.6 is 0 Å². The zero-order valence-electron chi connectivity index (χ0n) is 10.00. The number of nitrogens with one attached hydrogen (secondary N) is 1. The minimum Gasteiger partial charge on any atom is -0.399 e. The third kappa shape index (κ3) is 2.82. The fraction of sp³-hybridized carbons (Fsp3) is 0.154. The second kappa shape index (κ2) is 5.27. The van der Waals surface area contributed by atoms with E-state index in [4.69, 9.17) is 5.73 Å². The van der Waals surface area contributed by atoms with Gasteiger partial charge < -0.3 is 11.1 Å². The molecule has 1 heterocycles. The SMILES string of the molecule is CC(C(=O)Nc1cccnn1)c1cccc(N)c1. The highest BCUT2D eigenvalue weighted by Gasteiger charge is 2.15. The average Bonchev–Trinajstić information content (AvgIpc) is 2.39. The standard InChI is InChI=1S/C13H14N4O/c1-9(10-4-2-5-11(14)8-10)13(18)16-12-6-3-7-15-17-12/h2-9H,14H2,1H3,(H,16,17,18). The van der Waals surface area contributed by atoms with Crippen molar-refractivity contribution in [1.29, 1.82) is 0 Å². The molecule has 5 heteroatoms. The van der Waals surface area contributed by atoms with Gasteiger partial charge in [0.25, 0.3) is 0 Å². The molecule has 0 aliphatic rings. The summed E-state index contributed by atoms with van der Waals surface area (Å²) in [5, 5.41) is 10.2. The molecule has 0 radical (unpaired) electrons. The van der Waals surface area contributed by atoms with Crippen LogP contribution in [0.5, 0.6) is 0 Å². The number of anilines is 2. The Morgan fingerprint density at radius 2 is 2.17 bits per heavy atom. The van der Waals surface area contributed by atoms with Gasteiger partial charge in [0.05, 0.1) is 5.92 Å². The number of nitrogen functional groups attached to an aromatic ring is 1. The van der Waals surface area contributed by atoms with Crippen molar-refractivity contribution in [2.45, 2.75) is 12.8 Å². The predicted octanol–water partition coefficient (Wildman–Crippen LogP) is 1.80. The molecule has 18 heavy (non-hydrogen) atoms. The molecule has 0 aliphatic heterocycles. The third-order valence-electron chi connectivity index (χ3n) is 2.63. The maximum Gasteiger partial charge on any atom is 0.232 e. The number of carbonyl (C=O) groups is 1. The highest BCUT2D eigenvalue weighted by atomic mass is 16.1. The maximum atomic E-state index is 12.0. The summed E-state index contributed by atoms with van der Waals surface area (Å²) in [6.07, 6.45) is 1.55. The van der Waals surface area contributed by atoms with E-state index < -0.39 is 0 Å². The van der Waals surface area contributed by atoms with Crippen LogP contribution in [0.2, 0.25) is 0 Å². The van der Waals surface area contributed by atoms with Crippen LogP contribution in [-0.2, 0) is 4.79 Å². The van der Waals surface area contributed by atoms with Gasteiger partial charge in [-0.25, -0.2) is 0 Å². The van der Waals surface area contributed by atoms with Crippen LogP contribution in [0.15, 0.2) is 42.6 Å². The molecule has 2 aromatic rings. The number of hydrogen-bond donors (Lipinski definition) is 2. The molecule has 0 fully saturated rings. The number of carbonyl (C=O) groups excluding carboxylic acids is 1. The second-order valence-electron chi connectivity index (χ2n) is 3.99. The predicted molar refractivity (Wildman–Crippen MR) is 69.9 cm³/mol. The van der Waals surface area contributed by atoms with E-state index >= 15 is 0 Å². The lowest BCUT2D eigenvalue weighted by atomic mass is 10.00. The van der Waals surface area contributed by atoms with E-state index in [1.165, 1.54) is 0 Å². The van der Waals surface area contributed by atoms with Gasteiger partial charge in [0.2, 0.25) is 5.91 Å². The summed E-state index contributed by atoms with van der Waals surface area (Å²) in [4.78, 5) is 12.0. The van der Waals surface area contributed by atoms with Crippen molar-refractivity contribution < 1.29 is 4.79 Å². The Balaban J connectivity index is 2.10. The van der Waals surface area contributed by atoms with Crippen molar-refractivity contribution in [3.05, 3.63) is 48.2 Å². The Morgan fingerprint density at radius 1 is 1.33 bits per heavy atom. The van der Waals surface area contributed by atoms with E-state index in [-0.39, 0.29) is 11.8 Å². The molecule has 0 saturated heterocycles. The lowest BCUT2D eigenvalue weighted by molar-refractivity contribution is -0.117. The average molecular weight is 242 g/mol. The van der Waals surface area contributed by atoms with Gasteiger partial charge in [0.15, 0.2) is 5.82 Å². The lowest BCUT2D eigenvalue weighted by Crippen LogP contribution is -2.19. The highest BCUT2D eigenvalue weighted by Crippen LogP contribution is 2.19. The van der Waals surface area contributed by atoms with Gasteiger partial charge in [-0.05, 0) is 36.8 Å². The number of amides is 1. The van der Waals surface area contributed by atoms with Crippen molar-refractivity contribution in [3.8, 4) is 0 Å². The van der Waals surface area contributed by atoms with Crippen LogP contribution in [0.4, 0.5) is 11.5 Å². The normalized spacial score (nSPS) is 11.8. The zero-order valence-corrected chi connectivity index (χ0v) is 10.00. The van der Waals surface area contributed by atoms with E-state index in [0.29, 0.717) is 11.5 Å². The van der Waals surface area contributed by atoms with Crippen molar-refractivity contribution in [3.63, 3.8) is 0 Å². The summed E-state index contributed by atoms with van der Waals surface area (Å²) in [7, 11) is 0. The Hall–Kier alpha value is -2.43. The molecule has 2 rings (SSSR count). The molecule has 5 nitrogen and oxygen atoms in total. The molecule has 3 N–H and O–H groups in total. The number of aromatic nitrogens is 2. The van der Waals surface area contributed by atoms with Crippen LogP contribution in [0.25, 0.3) is 0 Å². The summed E-state index contributed by atoms with van der Waals surface area (Å²) in [6.45, 7) is 1.82. The molecule has 1 unspecified atom stereocenters. The summed E-state index contributed by atoms with van der Waals surface area (Å²) >= 11 is 0. The number of benzene rings is 1. The van der Waals surface area contributed by atoms with Crippen molar-refractivity contribution >= 4 is 17.4 Å². The summed E-state index contributed by atoms with van der Waals surface area (Å²) in [5.74, 6) is 0.00913. The van der Waals surface area contributed by atoms with Gasteiger partial charge in [-0.1, -0.05) is 12.1 Å². The molecular formula is C13H14N4O. The molecule has 0 aliphatic carbocycles. The number of nitrogens with zero attached hydrogens (tertiary/aromatic N) is 2. The first-order valence-corrected chi connectivity index (χ1v) is 5.61. The Morgan fingerprint density at radius 3 is 2.83 bits per heavy atom. The van der Waals surface area contributed by atoms with Crippen LogP contribution in [0.1, 0.15) is 18.4 Å². The molecular weight excluding hydrogens is 228 g/mol. The first-order chi connectivity index (χ1) is 8.66. The first kappa shape index (κ1) is 12.0. The van der Waals surface area contributed by atoms with Crippen molar-refractivity contribution in [2.75, 3.05) is 11.1 Å². The van der Waals surface area contributed by atoms with Gasteiger partial charge in [0, 0.05) is 11.9 Å². The minimum absolute atomic E-state index is 0.138. The second-order valence-corrected chi connectivity index (χ2v) is 3.99. The molecule has 1 amide bonds. The largest absolute Gasteiger partial charge is 0.399 e. The first-order valence-electron chi connectivity index (χ1n) is 5.61. The molecule has 0 saturated carbocycles. The van der Waals surface area contributed by atoms with E-state index in [1.807, 2.05) is 19.1 Å². The van der Waals surface area contributed by atoms with Crippen LogP contribution in [0, 0.1) is 0 Å². The maximum absolute atomic E-state index is 12.0. The Labute approximate surface area is 105 Å². The topological polar surface area (TPSA) is 80.9 Å². The summed E-state index contributed by atoms with van der Waals surface area (Å²) in [6, 6.07) is 10.7. The van der Waals surface area contributed by atoms with Crippen molar-refractivity contribution in [2.24, 2.45) is 0 Å². The van der Waals surface area contributed by atoms with Gasteiger partial charge in [0.1, 0.15) is 0 Å². The van der Waals surface area contributed by atoms with E-state index in [1.54, 1.807) is 30.5 Å². The third-order valence-corrected chi connectivity index (χ3v) is 2.63. The fourth-order valence-electron chi connectivity index (χ4n) is 1.58. The minimum atomic E-state index is -0.296. The van der Waals surface area contributed by atoms with Crippen LogP contribution in [0.3, 0.4) is 0 Å². The Kier molecular flexibility index (Phi) is 3.52. The molecule has 92 valence electrons. The quantitative estimate of drug-likeness (QED) is 0.804. The van der Waals surface area contributed by atoms with E-state index in [2.05, 4.69) is 15.5 Å². The highest BCUT2D eigenvalue weighted by molar-refractivity contribution is 5.94. The fourth-order valence-corrected chi connectivity index (χ4v) is 1.58. The van der Waals surface area contributed by atoms with Gasteiger partial charge in [-0.15, -0.1) is 5.10 Å². The molecule has 0 bridgehead atoms. The van der Waals surface area contributed by atoms with Crippen molar-refractivity contribution in [1.82, 2.24) is 10.2 Å². The molecule has 1 atom stereocenters. The van der Waals surface area contributed by atoms with Crippen LogP contribution in [-0.4, -0.2) is 16.1 Å². The smallest absolute Gasteiger partial charge is 0.232 e. The van der Waals surface area contributed by atoms with Gasteiger partial charge >= 0.3 is 0 Å².